The topological polar surface area (TPSA) is 52.6 Å². The number of hydrogen-bond donors (Lipinski definition) is 2. The molecule has 0 aromatic heterocycles. The van der Waals surface area contributed by atoms with Crippen LogP contribution in [0.2, 0.25) is 0 Å². The van der Waals surface area contributed by atoms with Gasteiger partial charge in [0, 0.05) is 6.04 Å². The van der Waals surface area contributed by atoms with Gasteiger partial charge in [-0.25, -0.2) is 0 Å². The maximum absolute atomic E-state index is 11.2. The maximum atomic E-state index is 11.2. The molecule has 1 saturated heterocycles. The van der Waals surface area contributed by atoms with Crippen molar-refractivity contribution in [2.24, 2.45) is 0 Å². The van der Waals surface area contributed by atoms with E-state index in [9.17, 15) is 9.90 Å². The molecule has 4 nitrogen and oxygen atoms in total. The molecule has 1 unspecified atom stereocenters. The van der Waals surface area contributed by atoms with Crippen LogP contribution >= 0.6 is 0 Å². The molecule has 0 spiro atoms. The van der Waals surface area contributed by atoms with Gasteiger partial charge in [0.1, 0.15) is 6.04 Å². The molecule has 1 aliphatic rings. The summed E-state index contributed by atoms with van der Waals surface area (Å²) in [5, 5.41) is 12.6. The summed E-state index contributed by atoms with van der Waals surface area (Å²) in [4.78, 5) is 13.4. The molecule has 0 amide bonds. The van der Waals surface area contributed by atoms with Crippen LogP contribution in [0.3, 0.4) is 0 Å². The normalized spacial score (nSPS) is 19.9. The van der Waals surface area contributed by atoms with Gasteiger partial charge in [-0.2, -0.15) is 0 Å². The molecule has 0 aliphatic carbocycles. The number of carboxylic acid groups (broad SMARTS) is 1. The molecule has 1 aliphatic heterocycles. The van der Waals surface area contributed by atoms with E-state index in [4.69, 9.17) is 0 Å². The zero-order valence-corrected chi connectivity index (χ0v) is 10.4. The Morgan fingerprint density at radius 2 is 2.06 bits per heavy atom. The Balaban J connectivity index is 2.66. The largest absolute Gasteiger partial charge is 0.480 e. The molecule has 16 heavy (non-hydrogen) atoms. The minimum absolute atomic E-state index is 0.303. The fourth-order valence-electron chi connectivity index (χ4n) is 2.54. The first-order valence-corrected chi connectivity index (χ1v) is 6.40. The molecular weight excluding hydrogens is 204 g/mol. The van der Waals surface area contributed by atoms with Crippen molar-refractivity contribution in [1.82, 2.24) is 10.2 Å². The van der Waals surface area contributed by atoms with Crippen molar-refractivity contribution in [3.05, 3.63) is 0 Å². The van der Waals surface area contributed by atoms with Crippen molar-refractivity contribution in [1.29, 1.82) is 0 Å². The standard InChI is InChI=1S/C12H24N2O2/c1-3-9-14(11(4-2)12(15)16)10-5-7-13-8-6-10/h10-11,13H,3-9H2,1-2H3,(H,15,16). The average molecular weight is 228 g/mol. The molecule has 0 radical (unpaired) electrons. The molecule has 4 heteroatoms. The van der Waals surface area contributed by atoms with Gasteiger partial charge < -0.3 is 10.4 Å². The van der Waals surface area contributed by atoms with Crippen LogP contribution in [0, 0.1) is 0 Å². The zero-order valence-electron chi connectivity index (χ0n) is 10.4. The number of nitrogens with one attached hydrogen (secondary N) is 1. The summed E-state index contributed by atoms with van der Waals surface area (Å²) in [6.07, 6.45) is 3.86. The number of carbonyl (C=O) groups is 1. The number of hydrogen-bond acceptors (Lipinski definition) is 3. The van der Waals surface area contributed by atoms with E-state index >= 15 is 0 Å². The molecule has 94 valence electrons. The highest BCUT2D eigenvalue weighted by Crippen LogP contribution is 2.17. The Hall–Kier alpha value is -0.610. The first kappa shape index (κ1) is 13.5. The SMILES string of the molecule is CCCN(C1CCNCC1)C(CC)C(=O)O. The predicted octanol–water partition coefficient (Wildman–Crippen LogP) is 1.31. The van der Waals surface area contributed by atoms with Crippen molar-refractivity contribution in [3.8, 4) is 0 Å². The quantitative estimate of drug-likeness (QED) is 0.720. The lowest BCUT2D eigenvalue weighted by Gasteiger charge is -2.37. The molecule has 1 atom stereocenters. The summed E-state index contributed by atoms with van der Waals surface area (Å²) in [6.45, 7) is 7.00. The fraction of sp³-hybridized carbons (Fsp3) is 0.917. The van der Waals surface area contributed by atoms with Gasteiger partial charge in [-0.05, 0) is 45.3 Å². The first-order chi connectivity index (χ1) is 7.70. The number of rotatable bonds is 6. The van der Waals surface area contributed by atoms with E-state index in [0.29, 0.717) is 12.5 Å². The molecular formula is C12H24N2O2. The Bertz CT molecular complexity index is 215. The van der Waals surface area contributed by atoms with Crippen LogP contribution in [0.1, 0.15) is 39.5 Å². The average Bonchev–Trinajstić information content (AvgIpc) is 2.29. The van der Waals surface area contributed by atoms with E-state index in [1.807, 2.05) is 6.92 Å². The van der Waals surface area contributed by atoms with Crippen LogP contribution < -0.4 is 5.32 Å². The van der Waals surface area contributed by atoms with E-state index in [1.54, 1.807) is 0 Å². The number of piperidine rings is 1. The minimum Gasteiger partial charge on any atom is -0.480 e. The lowest BCUT2D eigenvalue weighted by atomic mass is 10.0. The third-order valence-corrected chi connectivity index (χ3v) is 3.33. The van der Waals surface area contributed by atoms with Crippen molar-refractivity contribution < 1.29 is 9.90 Å². The van der Waals surface area contributed by atoms with Crippen LogP contribution in [-0.4, -0.2) is 47.7 Å². The van der Waals surface area contributed by atoms with E-state index in [0.717, 1.165) is 38.9 Å². The van der Waals surface area contributed by atoms with Crippen molar-refractivity contribution in [2.75, 3.05) is 19.6 Å². The van der Waals surface area contributed by atoms with Crippen molar-refractivity contribution in [3.63, 3.8) is 0 Å². The molecule has 1 rings (SSSR count). The van der Waals surface area contributed by atoms with E-state index in [2.05, 4.69) is 17.1 Å². The highest BCUT2D eigenvalue weighted by atomic mass is 16.4. The van der Waals surface area contributed by atoms with Gasteiger partial charge in [0.25, 0.3) is 0 Å². The van der Waals surface area contributed by atoms with Crippen LogP contribution in [0.4, 0.5) is 0 Å². The van der Waals surface area contributed by atoms with Crippen molar-refractivity contribution in [2.45, 2.75) is 51.6 Å². The summed E-state index contributed by atoms with van der Waals surface area (Å²) >= 11 is 0. The van der Waals surface area contributed by atoms with Crippen LogP contribution in [0.15, 0.2) is 0 Å². The Morgan fingerprint density at radius 1 is 1.44 bits per heavy atom. The molecule has 0 bridgehead atoms. The Labute approximate surface area is 98.0 Å². The number of carboxylic acids is 1. The second-order valence-electron chi connectivity index (χ2n) is 4.48. The lowest BCUT2D eigenvalue weighted by molar-refractivity contribution is -0.144. The second-order valence-corrected chi connectivity index (χ2v) is 4.48. The van der Waals surface area contributed by atoms with Crippen LogP contribution in [-0.2, 0) is 4.79 Å². The van der Waals surface area contributed by atoms with Crippen molar-refractivity contribution >= 4 is 5.97 Å². The molecule has 0 aromatic carbocycles. The third kappa shape index (κ3) is 3.46. The number of nitrogens with zero attached hydrogens (tertiary/aromatic N) is 1. The second kappa shape index (κ2) is 6.86. The minimum atomic E-state index is -0.672. The number of aliphatic carboxylic acids is 1. The smallest absolute Gasteiger partial charge is 0.320 e. The van der Waals surface area contributed by atoms with Gasteiger partial charge in [-0.15, -0.1) is 0 Å². The van der Waals surface area contributed by atoms with E-state index in [1.165, 1.54) is 0 Å². The van der Waals surface area contributed by atoms with E-state index < -0.39 is 5.97 Å². The summed E-state index contributed by atoms with van der Waals surface area (Å²) in [7, 11) is 0. The highest BCUT2D eigenvalue weighted by Gasteiger charge is 2.30. The van der Waals surface area contributed by atoms with Gasteiger partial charge in [0.15, 0.2) is 0 Å². The zero-order chi connectivity index (χ0) is 12.0. The first-order valence-electron chi connectivity index (χ1n) is 6.40. The van der Waals surface area contributed by atoms with Gasteiger partial charge in [0.05, 0.1) is 0 Å². The molecule has 0 saturated carbocycles. The van der Waals surface area contributed by atoms with Gasteiger partial charge in [0.2, 0.25) is 0 Å². The van der Waals surface area contributed by atoms with Gasteiger partial charge in [-0.1, -0.05) is 13.8 Å². The maximum Gasteiger partial charge on any atom is 0.320 e. The van der Waals surface area contributed by atoms with Crippen LogP contribution in [0.5, 0.6) is 0 Å². The fourth-order valence-corrected chi connectivity index (χ4v) is 2.54. The summed E-state index contributed by atoms with van der Waals surface area (Å²) in [5.74, 6) is -0.672. The van der Waals surface area contributed by atoms with Gasteiger partial charge in [-0.3, -0.25) is 9.69 Å². The lowest BCUT2D eigenvalue weighted by Crippen LogP contribution is -2.51. The monoisotopic (exact) mass is 228 g/mol. The summed E-state index contributed by atoms with van der Waals surface area (Å²) in [6, 6.07) is 0.144. The predicted molar refractivity (Wildman–Crippen MR) is 64.6 cm³/mol. The molecule has 1 fully saturated rings. The van der Waals surface area contributed by atoms with Crippen LogP contribution in [0.25, 0.3) is 0 Å². The Morgan fingerprint density at radius 3 is 2.50 bits per heavy atom. The van der Waals surface area contributed by atoms with E-state index in [-0.39, 0.29) is 6.04 Å². The summed E-state index contributed by atoms with van der Waals surface area (Å²) in [5.41, 5.74) is 0. The molecule has 2 N–H and O–H groups in total. The molecule has 1 heterocycles. The molecule has 0 aromatic rings. The van der Waals surface area contributed by atoms with Gasteiger partial charge >= 0.3 is 5.97 Å². The third-order valence-electron chi connectivity index (χ3n) is 3.33. The Kier molecular flexibility index (Phi) is 5.77. The summed E-state index contributed by atoms with van der Waals surface area (Å²) < 4.78 is 0. The highest BCUT2D eigenvalue weighted by molar-refractivity contribution is 5.73.